The average molecular weight is 641 g/mol. The number of ether oxygens (including phenoxy) is 2. The lowest BCUT2D eigenvalue weighted by Gasteiger charge is -2.21. The van der Waals surface area contributed by atoms with E-state index < -0.39 is 82.2 Å². The van der Waals surface area contributed by atoms with Gasteiger partial charge < -0.3 is 14.8 Å². The molecular weight excluding hydrogens is 615 g/mol. The molecule has 2 aliphatic heterocycles. The molecule has 2 fully saturated rings. The molecule has 44 heavy (non-hydrogen) atoms. The van der Waals surface area contributed by atoms with E-state index in [4.69, 9.17) is 4.74 Å². The molecule has 2 atom stereocenters. The number of carbonyl (C=O) groups is 2. The fourth-order valence-electron chi connectivity index (χ4n) is 5.27. The summed E-state index contributed by atoms with van der Waals surface area (Å²) < 4.78 is 105. The summed E-state index contributed by atoms with van der Waals surface area (Å²) >= 11 is 0. The van der Waals surface area contributed by atoms with Gasteiger partial charge in [0.05, 0.1) is 18.8 Å². The van der Waals surface area contributed by atoms with Crippen molar-refractivity contribution < 1.29 is 49.4 Å². The number of nitrogens with one attached hydrogen (secondary N) is 1. The monoisotopic (exact) mass is 640 g/mol. The third kappa shape index (κ3) is 6.11. The number of pyridine rings is 1. The van der Waals surface area contributed by atoms with E-state index in [0.29, 0.717) is 6.42 Å². The van der Waals surface area contributed by atoms with Gasteiger partial charge >= 0.3 is 6.61 Å². The number of hydrogen-bond acceptors (Lipinski definition) is 7. The highest BCUT2D eigenvalue weighted by Gasteiger charge is 2.46. The molecule has 0 spiro atoms. The first kappa shape index (κ1) is 31.0. The molecule has 234 valence electrons. The third-order valence-electron chi connectivity index (χ3n) is 7.35. The summed E-state index contributed by atoms with van der Waals surface area (Å²) in [5.41, 5.74) is -0.493. The minimum atomic E-state index is -3.70. The van der Waals surface area contributed by atoms with Crippen LogP contribution in [0.25, 0.3) is 0 Å². The van der Waals surface area contributed by atoms with E-state index >= 15 is 13.2 Å². The number of sulfonamides is 1. The summed E-state index contributed by atoms with van der Waals surface area (Å²) in [6, 6.07) is 8.61. The molecule has 1 aromatic heterocycles. The van der Waals surface area contributed by atoms with Crippen LogP contribution >= 0.6 is 0 Å². The Kier molecular flexibility index (Phi) is 8.63. The predicted molar refractivity (Wildman–Crippen MR) is 147 cm³/mol. The SMILES string of the molecule is COc1cc(F)c([C@@H]2CN(c3nc(N4CCCS4(=O)=O)ccc3F)C(=O)C2CNC(=O)c2ccc(OC(F)F)cc2)c(F)c1. The zero-order valence-corrected chi connectivity index (χ0v) is 23.8. The van der Waals surface area contributed by atoms with Gasteiger partial charge in [-0.25, -0.2) is 26.6 Å². The molecule has 0 bridgehead atoms. The van der Waals surface area contributed by atoms with Crippen molar-refractivity contribution in [3.8, 4) is 11.5 Å². The molecule has 0 saturated carbocycles. The number of carbonyl (C=O) groups excluding carboxylic acids is 2. The second kappa shape index (κ2) is 12.3. The summed E-state index contributed by atoms with van der Waals surface area (Å²) in [5.74, 6) is -8.33. The number of nitrogens with zero attached hydrogens (tertiary/aromatic N) is 3. The first-order chi connectivity index (χ1) is 20.9. The maximum absolute atomic E-state index is 15.2. The van der Waals surface area contributed by atoms with Crippen LogP contribution in [0.3, 0.4) is 0 Å². The molecule has 16 heteroatoms. The normalized spacial score (nSPS) is 19.5. The predicted octanol–water partition coefficient (Wildman–Crippen LogP) is 3.83. The van der Waals surface area contributed by atoms with E-state index in [1.54, 1.807) is 0 Å². The molecule has 1 N–H and O–H groups in total. The van der Waals surface area contributed by atoms with Crippen LogP contribution in [0.1, 0.15) is 28.3 Å². The molecule has 0 radical (unpaired) electrons. The van der Waals surface area contributed by atoms with Crippen LogP contribution in [-0.4, -0.2) is 64.3 Å². The van der Waals surface area contributed by atoms with Crippen LogP contribution in [0.15, 0.2) is 48.5 Å². The highest BCUT2D eigenvalue weighted by molar-refractivity contribution is 7.93. The van der Waals surface area contributed by atoms with Crippen LogP contribution in [0.4, 0.5) is 33.6 Å². The van der Waals surface area contributed by atoms with Crippen molar-refractivity contribution in [3.05, 3.63) is 77.1 Å². The van der Waals surface area contributed by atoms with E-state index in [2.05, 4.69) is 15.0 Å². The summed E-state index contributed by atoms with van der Waals surface area (Å²) in [7, 11) is -2.49. The van der Waals surface area contributed by atoms with E-state index in [0.717, 1.165) is 45.6 Å². The molecule has 2 aliphatic rings. The number of benzene rings is 2. The number of alkyl halides is 2. The smallest absolute Gasteiger partial charge is 0.387 e. The molecule has 2 aromatic carbocycles. The number of aromatic nitrogens is 1. The molecule has 2 amide bonds. The van der Waals surface area contributed by atoms with Crippen molar-refractivity contribution in [2.75, 3.05) is 41.7 Å². The Hall–Kier alpha value is -4.47. The number of rotatable bonds is 9. The first-order valence-electron chi connectivity index (χ1n) is 13.2. The summed E-state index contributed by atoms with van der Waals surface area (Å²) in [6.07, 6.45) is 0.321. The van der Waals surface area contributed by atoms with Gasteiger partial charge in [-0.15, -0.1) is 0 Å². The molecular formula is C28H25F5N4O6S. The number of hydrogen-bond donors (Lipinski definition) is 1. The minimum Gasteiger partial charge on any atom is -0.497 e. The second-order valence-corrected chi connectivity index (χ2v) is 12.0. The van der Waals surface area contributed by atoms with Gasteiger partial charge in [-0.1, -0.05) is 0 Å². The van der Waals surface area contributed by atoms with Gasteiger partial charge in [0.1, 0.15) is 29.0 Å². The molecule has 10 nitrogen and oxygen atoms in total. The van der Waals surface area contributed by atoms with Gasteiger partial charge in [0, 0.05) is 48.8 Å². The zero-order chi connectivity index (χ0) is 31.8. The van der Waals surface area contributed by atoms with Crippen molar-refractivity contribution in [2.24, 2.45) is 5.92 Å². The molecule has 3 heterocycles. The van der Waals surface area contributed by atoms with Gasteiger partial charge in [0.25, 0.3) is 5.91 Å². The molecule has 3 aromatic rings. The lowest BCUT2D eigenvalue weighted by molar-refractivity contribution is -0.120. The average Bonchev–Trinajstić information content (AvgIpc) is 3.49. The van der Waals surface area contributed by atoms with E-state index in [1.165, 1.54) is 19.2 Å². The standard InChI is InChI=1S/C28H25F5N4O6S/c1-42-17-11-21(30)24(22(31)12-17)19-14-36(25-20(29)7-8-23(35-25)37-9-2-10-44(37,40)41)27(39)18(19)13-34-26(38)15-3-5-16(6-4-15)43-28(32)33/h3-8,11-12,18-19,28H,2,9-10,13-14H2,1H3,(H,34,38)/t18?,19-/m1/s1. The molecule has 1 unspecified atom stereocenters. The van der Waals surface area contributed by atoms with Gasteiger partial charge in [-0.3, -0.25) is 18.8 Å². The molecule has 0 aliphatic carbocycles. The Morgan fingerprint density at radius 3 is 2.32 bits per heavy atom. The Morgan fingerprint density at radius 2 is 1.73 bits per heavy atom. The summed E-state index contributed by atoms with van der Waals surface area (Å²) in [4.78, 5) is 31.5. The van der Waals surface area contributed by atoms with Crippen molar-refractivity contribution in [1.82, 2.24) is 10.3 Å². The van der Waals surface area contributed by atoms with E-state index in [1.807, 2.05) is 0 Å². The number of anilines is 2. The van der Waals surface area contributed by atoms with Crippen molar-refractivity contribution in [2.45, 2.75) is 19.0 Å². The molecule has 5 rings (SSSR count). The quantitative estimate of drug-likeness (QED) is 0.354. The number of amides is 2. The van der Waals surface area contributed by atoms with Crippen LogP contribution in [0, 0.1) is 23.4 Å². The van der Waals surface area contributed by atoms with E-state index in [9.17, 15) is 26.8 Å². The van der Waals surface area contributed by atoms with Gasteiger partial charge in [0.2, 0.25) is 15.9 Å². The molecule has 2 saturated heterocycles. The zero-order valence-electron chi connectivity index (χ0n) is 23.0. The van der Waals surface area contributed by atoms with Gasteiger partial charge in [-0.2, -0.15) is 8.78 Å². The lowest BCUT2D eigenvalue weighted by atomic mass is 9.87. The Bertz CT molecular complexity index is 1670. The largest absolute Gasteiger partial charge is 0.497 e. The minimum absolute atomic E-state index is 0.0134. The van der Waals surface area contributed by atoms with Gasteiger partial charge in [-0.05, 0) is 42.8 Å². The fraction of sp³-hybridized carbons (Fsp3) is 0.321. The van der Waals surface area contributed by atoms with Crippen LogP contribution in [0.2, 0.25) is 0 Å². The topological polar surface area (TPSA) is 118 Å². The van der Waals surface area contributed by atoms with Crippen LogP contribution in [-0.2, 0) is 14.8 Å². The maximum Gasteiger partial charge on any atom is 0.387 e. The Labute approximate surface area is 248 Å². The highest BCUT2D eigenvalue weighted by Crippen LogP contribution is 2.40. The maximum atomic E-state index is 15.2. The Balaban J connectivity index is 1.46. The van der Waals surface area contributed by atoms with Gasteiger partial charge in [0.15, 0.2) is 11.6 Å². The van der Waals surface area contributed by atoms with Crippen molar-refractivity contribution in [3.63, 3.8) is 0 Å². The number of methoxy groups -OCH3 is 1. The first-order valence-corrected chi connectivity index (χ1v) is 14.8. The van der Waals surface area contributed by atoms with Crippen molar-refractivity contribution >= 4 is 33.5 Å². The van der Waals surface area contributed by atoms with Crippen LogP contribution in [0.5, 0.6) is 11.5 Å². The van der Waals surface area contributed by atoms with E-state index in [-0.39, 0.29) is 35.2 Å². The lowest BCUT2D eigenvalue weighted by Crippen LogP contribution is -2.36. The fourth-order valence-corrected chi connectivity index (χ4v) is 6.78. The second-order valence-electron chi connectivity index (χ2n) is 10.00. The third-order valence-corrected chi connectivity index (χ3v) is 9.20. The Morgan fingerprint density at radius 1 is 1.05 bits per heavy atom. The van der Waals surface area contributed by atoms with Crippen LogP contribution < -0.4 is 24.0 Å². The number of halogens is 5. The van der Waals surface area contributed by atoms with Crippen molar-refractivity contribution in [1.29, 1.82) is 0 Å². The summed E-state index contributed by atoms with van der Waals surface area (Å²) in [6.45, 7) is -3.88. The summed E-state index contributed by atoms with van der Waals surface area (Å²) in [5, 5.41) is 2.50. The highest BCUT2D eigenvalue weighted by atomic mass is 32.2.